The van der Waals surface area contributed by atoms with Crippen molar-refractivity contribution in [3.05, 3.63) is 45.9 Å². The zero-order chi connectivity index (χ0) is 21.6. The Labute approximate surface area is 175 Å². The van der Waals surface area contributed by atoms with Crippen molar-refractivity contribution in [1.82, 2.24) is 5.32 Å². The van der Waals surface area contributed by atoms with E-state index >= 15 is 0 Å². The number of rotatable bonds is 14. The third-order valence-corrected chi connectivity index (χ3v) is 5.34. The minimum atomic E-state index is -1.03. The summed E-state index contributed by atoms with van der Waals surface area (Å²) < 4.78 is 5.07. The van der Waals surface area contributed by atoms with E-state index in [4.69, 9.17) is 4.74 Å². The standard InChI is InChI=1S/C17H22N2O8S2/c1-2-28-29-9-6-16(22)18-13(10-12-4-5-14(20)15(21)11-12)17(23)26-7-3-8-27-19(24)25/h2,4-5,11,13,20-21H,1,3,6-10H2,(H,18,22). The molecule has 1 aromatic carbocycles. The first-order chi connectivity index (χ1) is 13.8. The van der Waals surface area contributed by atoms with Gasteiger partial charge >= 0.3 is 5.97 Å². The lowest BCUT2D eigenvalue weighted by atomic mass is 10.0. The lowest BCUT2D eigenvalue weighted by molar-refractivity contribution is -0.757. The van der Waals surface area contributed by atoms with Crippen LogP contribution in [0.2, 0.25) is 0 Å². The van der Waals surface area contributed by atoms with Crippen molar-refractivity contribution in [1.29, 1.82) is 0 Å². The predicted octanol–water partition coefficient (Wildman–Crippen LogP) is 2.18. The Bertz CT molecular complexity index is 717. The molecule has 0 fully saturated rings. The van der Waals surface area contributed by atoms with Crippen molar-refractivity contribution in [2.24, 2.45) is 0 Å². The molecule has 3 N–H and O–H groups in total. The fourth-order valence-electron chi connectivity index (χ4n) is 2.09. The van der Waals surface area contributed by atoms with Gasteiger partial charge in [0.15, 0.2) is 11.5 Å². The van der Waals surface area contributed by atoms with E-state index in [9.17, 15) is 29.9 Å². The van der Waals surface area contributed by atoms with Crippen molar-refractivity contribution in [3.8, 4) is 11.5 Å². The smallest absolute Gasteiger partial charge is 0.328 e. The highest BCUT2D eigenvalue weighted by Crippen LogP contribution is 2.25. The first kappa shape index (κ1) is 24.4. The van der Waals surface area contributed by atoms with Gasteiger partial charge in [0, 0.05) is 25.0 Å². The van der Waals surface area contributed by atoms with Gasteiger partial charge in [0.2, 0.25) is 5.91 Å². The Morgan fingerprint density at radius 3 is 2.72 bits per heavy atom. The summed E-state index contributed by atoms with van der Waals surface area (Å²) in [7, 11) is 2.83. The molecule has 160 valence electrons. The fraction of sp³-hybridized carbons (Fsp3) is 0.412. The van der Waals surface area contributed by atoms with E-state index in [1.165, 1.54) is 39.8 Å². The molecule has 0 saturated carbocycles. The maximum Gasteiger partial charge on any atom is 0.328 e. The van der Waals surface area contributed by atoms with Crippen LogP contribution in [0.1, 0.15) is 18.4 Å². The van der Waals surface area contributed by atoms with Crippen molar-refractivity contribution in [3.63, 3.8) is 0 Å². The van der Waals surface area contributed by atoms with Crippen molar-refractivity contribution < 1.29 is 34.5 Å². The van der Waals surface area contributed by atoms with Gasteiger partial charge in [-0.15, -0.1) is 10.1 Å². The molecular formula is C17H22N2O8S2. The lowest BCUT2D eigenvalue weighted by Gasteiger charge is -2.18. The van der Waals surface area contributed by atoms with Gasteiger partial charge in [0.1, 0.15) is 6.04 Å². The summed E-state index contributed by atoms with van der Waals surface area (Å²) in [6, 6.07) is 3.03. The van der Waals surface area contributed by atoms with Gasteiger partial charge in [-0.2, -0.15) is 0 Å². The highest BCUT2D eigenvalue weighted by atomic mass is 33.1. The number of hydrogen-bond donors (Lipinski definition) is 3. The second kappa shape index (κ2) is 13.6. The van der Waals surface area contributed by atoms with Crippen LogP contribution >= 0.6 is 21.6 Å². The normalized spacial score (nSPS) is 11.3. The topological polar surface area (TPSA) is 148 Å². The van der Waals surface area contributed by atoms with Crippen molar-refractivity contribution >= 4 is 33.5 Å². The second-order valence-electron chi connectivity index (χ2n) is 5.56. The van der Waals surface area contributed by atoms with Crippen LogP contribution in [0.25, 0.3) is 0 Å². The second-order valence-corrected chi connectivity index (χ2v) is 8.01. The molecule has 0 heterocycles. The average molecular weight is 447 g/mol. The van der Waals surface area contributed by atoms with E-state index in [-0.39, 0.29) is 49.9 Å². The van der Waals surface area contributed by atoms with Gasteiger partial charge in [-0.3, -0.25) is 4.79 Å². The highest BCUT2D eigenvalue weighted by Gasteiger charge is 2.23. The Kier molecular flexibility index (Phi) is 11.4. The van der Waals surface area contributed by atoms with Crippen LogP contribution in [0.15, 0.2) is 30.2 Å². The molecule has 1 amide bonds. The number of nitrogens with zero attached hydrogens (tertiary/aromatic N) is 1. The van der Waals surface area contributed by atoms with Crippen LogP contribution in [-0.4, -0.2) is 52.2 Å². The third-order valence-electron chi connectivity index (χ3n) is 3.38. The summed E-state index contributed by atoms with van der Waals surface area (Å²) in [5, 5.41) is 32.4. The molecule has 0 radical (unpaired) electrons. The molecule has 1 atom stereocenters. The van der Waals surface area contributed by atoms with Crippen LogP contribution < -0.4 is 5.32 Å². The zero-order valence-corrected chi connectivity index (χ0v) is 17.1. The van der Waals surface area contributed by atoms with Crippen LogP contribution in [-0.2, 0) is 25.6 Å². The van der Waals surface area contributed by atoms with Gasteiger partial charge in [0.05, 0.1) is 13.2 Å². The van der Waals surface area contributed by atoms with Crippen LogP contribution in [0.3, 0.4) is 0 Å². The first-order valence-electron chi connectivity index (χ1n) is 8.46. The van der Waals surface area contributed by atoms with Crippen LogP contribution in [0.5, 0.6) is 11.5 Å². The molecule has 0 saturated heterocycles. The van der Waals surface area contributed by atoms with Gasteiger partial charge in [-0.25, -0.2) is 4.79 Å². The van der Waals surface area contributed by atoms with E-state index < -0.39 is 17.1 Å². The number of nitrogens with one attached hydrogen (secondary N) is 1. The number of phenols is 2. The average Bonchev–Trinajstić information content (AvgIpc) is 2.67. The molecule has 29 heavy (non-hydrogen) atoms. The summed E-state index contributed by atoms with van der Waals surface area (Å²) >= 11 is 0. The quantitative estimate of drug-likeness (QED) is 0.0969. The van der Waals surface area contributed by atoms with E-state index in [1.807, 2.05) is 0 Å². The summed E-state index contributed by atoms with van der Waals surface area (Å²) in [5.74, 6) is -1.22. The number of carbonyl (C=O) groups is 2. The summed E-state index contributed by atoms with van der Waals surface area (Å²) in [4.78, 5) is 38.7. The zero-order valence-electron chi connectivity index (χ0n) is 15.4. The van der Waals surface area contributed by atoms with Gasteiger partial charge < -0.3 is 25.1 Å². The Hall–Kier alpha value is -2.60. The first-order valence-corrected chi connectivity index (χ1v) is 10.8. The van der Waals surface area contributed by atoms with Gasteiger partial charge in [0.25, 0.3) is 5.09 Å². The number of carbonyl (C=O) groups excluding carboxylic acids is 2. The molecule has 0 aliphatic carbocycles. The van der Waals surface area contributed by atoms with Crippen LogP contribution in [0, 0.1) is 10.1 Å². The Morgan fingerprint density at radius 1 is 1.31 bits per heavy atom. The number of phenolic OH excluding ortho intramolecular Hbond substituents is 2. The van der Waals surface area contributed by atoms with Gasteiger partial charge in [-0.05, 0) is 23.1 Å². The molecule has 0 aromatic heterocycles. The molecule has 0 aliphatic heterocycles. The number of ether oxygens (including phenoxy) is 1. The minimum absolute atomic E-state index is 0.0262. The molecule has 1 aromatic rings. The molecule has 0 aliphatic rings. The third kappa shape index (κ3) is 10.5. The van der Waals surface area contributed by atoms with Crippen molar-refractivity contribution in [2.45, 2.75) is 25.3 Å². The largest absolute Gasteiger partial charge is 0.504 e. The van der Waals surface area contributed by atoms with E-state index in [1.54, 1.807) is 5.41 Å². The molecule has 10 nitrogen and oxygen atoms in total. The molecule has 1 unspecified atom stereocenters. The number of aromatic hydroxyl groups is 2. The summed E-state index contributed by atoms with van der Waals surface area (Å²) in [6.07, 6.45) is 0.313. The summed E-state index contributed by atoms with van der Waals surface area (Å²) in [6.45, 7) is 3.22. The molecule has 1 rings (SSSR count). The summed E-state index contributed by atoms with van der Waals surface area (Å²) in [5.41, 5.74) is 0.496. The maximum atomic E-state index is 12.4. The van der Waals surface area contributed by atoms with Crippen LogP contribution in [0.4, 0.5) is 0 Å². The monoisotopic (exact) mass is 446 g/mol. The van der Waals surface area contributed by atoms with E-state index in [0.29, 0.717) is 11.3 Å². The van der Waals surface area contributed by atoms with E-state index in [2.05, 4.69) is 16.7 Å². The number of esters is 1. The highest BCUT2D eigenvalue weighted by molar-refractivity contribution is 8.77. The Morgan fingerprint density at radius 2 is 2.07 bits per heavy atom. The SMILES string of the molecule is C=CSSCCC(=O)NC(Cc1ccc(O)c(O)c1)C(=O)OCCCO[N+](=O)[O-]. The lowest BCUT2D eigenvalue weighted by Crippen LogP contribution is -2.43. The van der Waals surface area contributed by atoms with E-state index in [0.717, 1.165) is 0 Å². The molecular weight excluding hydrogens is 424 g/mol. The Balaban J connectivity index is 2.66. The predicted molar refractivity (Wildman–Crippen MR) is 109 cm³/mol. The molecule has 0 bridgehead atoms. The number of hydrogen-bond acceptors (Lipinski definition) is 10. The van der Waals surface area contributed by atoms with Crippen molar-refractivity contribution in [2.75, 3.05) is 19.0 Å². The number of benzene rings is 1. The van der Waals surface area contributed by atoms with Gasteiger partial charge in [-0.1, -0.05) is 34.2 Å². The molecule has 0 spiro atoms. The fourth-order valence-corrected chi connectivity index (χ4v) is 3.38. The number of amides is 1. The maximum absolute atomic E-state index is 12.4. The molecule has 12 heteroatoms. The minimum Gasteiger partial charge on any atom is -0.504 e.